The summed E-state index contributed by atoms with van der Waals surface area (Å²) in [4.78, 5) is 22.4. The van der Waals surface area contributed by atoms with Gasteiger partial charge in [0, 0.05) is 20.6 Å². The Hall–Kier alpha value is -4.22. The Morgan fingerprint density at radius 2 is 1.20 bits per heavy atom. The first kappa shape index (κ1) is 42.9. The molecule has 0 atom stereocenters. The molecule has 6 aromatic rings. The van der Waals surface area contributed by atoms with E-state index in [2.05, 4.69) is 33.3 Å². The van der Waals surface area contributed by atoms with Crippen LogP contribution in [-0.4, -0.2) is 61.0 Å². The molecule has 0 bridgehead atoms. The lowest BCUT2D eigenvalue weighted by Crippen LogP contribution is -2.34. The highest BCUT2D eigenvalue weighted by Crippen LogP contribution is 2.41. The van der Waals surface area contributed by atoms with E-state index in [4.69, 9.17) is 5.73 Å². The van der Waals surface area contributed by atoms with Crippen LogP contribution in [-0.2, 0) is 39.1 Å². The van der Waals surface area contributed by atoms with E-state index in [1.807, 2.05) is 74.5 Å². The molecule has 0 unspecified atom stereocenters. The van der Waals surface area contributed by atoms with E-state index < -0.39 is 32.0 Å². The first-order chi connectivity index (χ1) is 26.6. The Kier molecular flexibility index (Phi) is 14.4. The molecule has 0 amide bonds. The summed E-state index contributed by atoms with van der Waals surface area (Å²) in [6.45, 7) is 6.38. The summed E-state index contributed by atoms with van der Waals surface area (Å²) in [6.07, 6.45) is 2.95. The maximum absolute atomic E-state index is 12.9. The first-order valence-corrected chi connectivity index (χ1v) is 23.7. The van der Waals surface area contributed by atoms with Crippen LogP contribution in [0.1, 0.15) is 48.8 Å². The van der Waals surface area contributed by atoms with Crippen LogP contribution in [0.2, 0.25) is 0 Å². The van der Waals surface area contributed by atoms with Crippen LogP contribution in [0.4, 0.5) is 15.0 Å². The van der Waals surface area contributed by atoms with Gasteiger partial charge in [-0.1, -0.05) is 67.4 Å². The highest BCUT2D eigenvalue weighted by Gasteiger charge is 2.30. The third kappa shape index (κ3) is 11.0. The number of esters is 2. The van der Waals surface area contributed by atoms with Gasteiger partial charge < -0.3 is 15.2 Å². The van der Waals surface area contributed by atoms with Crippen molar-refractivity contribution in [2.75, 3.05) is 47.0 Å². The van der Waals surface area contributed by atoms with Gasteiger partial charge in [-0.05, 0) is 84.2 Å². The Morgan fingerprint density at radius 3 is 1.70 bits per heavy atom. The van der Waals surface area contributed by atoms with E-state index in [0.717, 1.165) is 47.7 Å². The van der Waals surface area contributed by atoms with Crippen LogP contribution in [0, 0.1) is 26.7 Å². The summed E-state index contributed by atoms with van der Waals surface area (Å²) in [5.74, 6) is -0.916. The molecule has 0 spiro atoms. The number of thiophene rings is 3. The Balaban J connectivity index is 0.000000172. The summed E-state index contributed by atoms with van der Waals surface area (Å²) < 4.78 is 66.2. The number of benzene rings is 3. The molecule has 3 N–H and O–H groups in total. The molecule has 0 aliphatic heterocycles. The van der Waals surface area contributed by atoms with Gasteiger partial charge in [-0.2, -0.15) is 0 Å². The van der Waals surface area contributed by atoms with Gasteiger partial charge in [-0.3, -0.25) is 18.6 Å². The number of hydrogen-bond donors (Lipinski definition) is 2. The lowest BCUT2D eigenvalue weighted by Gasteiger charge is -2.23. The van der Waals surface area contributed by atoms with Crippen LogP contribution in [0.5, 0.6) is 0 Å². The maximum Gasteiger partial charge on any atom is 0.306 e. The number of hydrogen-bond acceptors (Lipinski definition) is 12. The number of sulfonamides is 2. The molecule has 1 fully saturated rings. The standard InChI is InChI=1S/C18H23NO4S2.C13H15NO4S2.C9H9NS/c1-13-15-5-3-4-6-16(15)24-18(13)19(11-9-14-7-8-14)25(21,22)12-10-17(20)23-2;1-9-10-5-3-4-6-11(10)19-13(9)14-20(16,17)8-7-12(15)18-2;1-6-7-4-2-3-5-8(7)11-9(6)10/h3-6,14H,7-12H2,1-2H3;3-6,14H,7-8H2,1-2H3;2-5H,10H2,1H3. The van der Waals surface area contributed by atoms with Gasteiger partial charge >= 0.3 is 11.9 Å². The van der Waals surface area contributed by atoms with Crippen molar-refractivity contribution in [1.82, 2.24) is 0 Å². The molecule has 3 aromatic heterocycles. The van der Waals surface area contributed by atoms with E-state index in [9.17, 15) is 26.4 Å². The summed E-state index contributed by atoms with van der Waals surface area (Å²) >= 11 is 4.54. The molecule has 1 saturated carbocycles. The quantitative estimate of drug-likeness (QED) is 0.108. The largest absolute Gasteiger partial charge is 0.469 e. The number of nitrogen functional groups attached to an aromatic ring is 1. The van der Waals surface area contributed by atoms with Crippen LogP contribution in [0.3, 0.4) is 0 Å². The lowest BCUT2D eigenvalue weighted by atomic mass is 10.2. The molecule has 300 valence electrons. The second-order valence-electron chi connectivity index (χ2n) is 13.4. The number of methoxy groups -OCH3 is 2. The number of anilines is 3. The molecule has 3 heterocycles. The van der Waals surface area contributed by atoms with E-state index >= 15 is 0 Å². The van der Waals surface area contributed by atoms with Crippen molar-refractivity contribution in [2.24, 2.45) is 5.92 Å². The fourth-order valence-electron chi connectivity index (χ4n) is 5.87. The van der Waals surface area contributed by atoms with Gasteiger partial charge in [0.1, 0.15) is 10.0 Å². The average Bonchev–Trinajstić information content (AvgIpc) is 3.81. The Morgan fingerprint density at radius 1 is 0.714 bits per heavy atom. The molecule has 7 rings (SSSR count). The van der Waals surface area contributed by atoms with Crippen molar-refractivity contribution in [3.05, 3.63) is 89.5 Å². The van der Waals surface area contributed by atoms with Crippen LogP contribution < -0.4 is 14.8 Å². The summed E-state index contributed by atoms with van der Waals surface area (Å²) in [7, 11) is -4.62. The second kappa shape index (κ2) is 18.8. The lowest BCUT2D eigenvalue weighted by molar-refractivity contribution is -0.141. The van der Waals surface area contributed by atoms with Gasteiger partial charge in [0.2, 0.25) is 20.0 Å². The van der Waals surface area contributed by atoms with Gasteiger partial charge in [0.05, 0.1) is 43.6 Å². The molecule has 3 aromatic carbocycles. The number of nitrogens with two attached hydrogens (primary N) is 1. The van der Waals surface area contributed by atoms with Crippen LogP contribution >= 0.6 is 34.0 Å². The SMILES string of the molecule is COC(=O)CCS(=O)(=O)N(CCC1CC1)c1sc2ccccc2c1C.COC(=O)CCS(=O)(=O)Nc1sc2ccccc2c1C.Cc1c(N)sc2ccccc12. The molecule has 56 heavy (non-hydrogen) atoms. The van der Waals surface area contributed by atoms with Gasteiger partial charge in [-0.25, -0.2) is 16.8 Å². The topological polar surface area (TPSA) is 162 Å². The number of fused-ring (bicyclic) bond motifs is 3. The number of nitrogens with one attached hydrogen (secondary N) is 1. The minimum absolute atomic E-state index is 0.122. The zero-order chi connectivity index (χ0) is 40.6. The summed E-state index contributed by atoms with van der Waals surface area (Å²) in [5, 5.41) is 5.70. The third-order valence-corrected chi connectivity index (χ3v) is 16.2. The number of rotatable bonds is 13. The summed E-state index contributed by atoms with van der Waals surface area (Å²) in [5.41, 5.74) is 8.86. The summed E-state index contributed by atoms with van der Waals surface area (Å²) in [6, 6.07) is 24.0. The Labute approximate surface area is 340 Å². The van der Waals surface area contributed by atoms with Crippen LogP contribution in [0.15, 0.2) is 72.8 Å². The van der Waals surface area contributed by atoms with Crippen molar-refractivity contribution in [3.63, 3.8) is 0 Å². The van der Waals surface area contributed by atoms with Crippen molar-refractivity contribution < 1.29 is 35.9 Å². The normalized spacial score (nSPS) is 12.7. The number of nitrogens with zero attached hydrogens (tertiary/aromatic N) is 1. The highest BCUT2D eigenvalue weighted by molar-refractivity contribution is 7.93. The van der Waals surface area contributed by atoms with Crippen molar-refractivity contribution >= 4 is 111 Å². The minimum Gasteiger partial charge on any atom is -0.469 e. The number of carbonyl (C=O) groups is 2. The molecular formula is C40H47N3O8S5. The predicted molar refractivity (Wildman–Crippen MR) is 233 cm³/mol. The molecular weight excluding hydrogens is 811 g/mol. The highest BCUT2D eigenvalue weighted by atomic mass is 32.2. The molecule has 1 aliphatic rings. The zero-order valence-electron chi connectivity index (χ0n) is 32.0. The van der Waals surface area contributed by atoms with E-state index in [0.29, 0.717) is 17.5 Å². The van der Waals surface area contributed by atoms with Gasteiger partial charge in [0.15, 0.2) is 0 Å². The number of carbonyl (C=O) groups excluding carboxylic acids is 2. The molecule has 1 aliphatic carbocycles. The number of aryl methyl sites for hydroxylation is 3. The monoisotopic (exact) mass is 857 g/mol. The first-order valence-electron chi connectivity index (χ1n) is 18.0. The van der Waals surface area contributed by atoms with Gasteiger partial charge in [-0.15, -0.1) is 34.0 Å². The fourth-order valence-corrected chi connectivity index (χ4v) is 12.3. The average molecular weight is 858 g/mol. The van der Waals surface area contributed by atoms with E-state index in [1.54, 1.807) is 11.3 Å². The van der Waals surface area contributed by atoms with E-state index in [1.165, 1.54) is 69.7 Å². The zero-order valence-corrected chi connectivity index (χ0v) is 36.1. The minimum atomic E-state index is -3.58. The smallest absolute Gasteiger partial charge is 0.306 e. The number of ether oxygens (including phenoxy) is 2. The van der Waals surface area contributed by atoms with Crippen molar-refractivity contribution in [1.29, 1.82) is 0 Å². The second-order valence-corrected chi connectivity index (χ2v) is 20.4. The maximum atomic E-state index is 12.9. The Bertz CT molecular complexity index is 2540. The van der Waals surface area contributed by atoms with Gasteiger partial charge in [0.25, 0.3) is 0 Å². The van der Waals surface area contributed by atoms with Crippen molar-refractivity contribution in [2.45, 2.75) is 52.9 Å². The molecule has 16 heteroatoms. The van der Waals surface area contributed by atoms with E-state index in [-0.39, 0.29) is 24.3 Å². The molecule has 11 nitrogen and oxygen atoms in total. The third-order valence-electron chi connectivity index (χ3n) is 9.39. The van der Waals surface area contributed by atoms with Crippen molar-refractivity contribution in [3.8, 4) is 0 Å². The molecule has 0 radical (unpaired) electrons. The fraction of sp³-hybridized carbons (Fsp3) is 0.350. The predicted octanol–water partition coefficient (Wildman–Crippen LogP) is 9.02. The van der Waals surface area contributed by atoms with Crippen LogP contribution in [0.25, 0.3) is 30.3 Å². The molecule has 0 saturated heterocycles.